The van der Waals surface area contributed by atoms with E-state index >= 15 is 0 Å². The van der Waals surface area contributed by atoms with Gasteiger partial charge in [0.05, 0.1) is 7.11 Å². The predicted molar refractivity (Wildman–Crippen MR) is 82.1 cm³/mol. The maximum Gasteiger partial charge on any atom is 0.123 e. The molecule has 108 valence electrons. The van der Waals surface area contributed by atoms with Gasteiger partial charge in [-0.15, -0.1) is 0 Å². The fraction of sp³-hybridized carbons (Fsp3) is 0.176. The van der Waals surface area contributed by atoms with Crippen LogP contribution in [0.3, 0.4) is 0 Å². The van der Waals surface area contributed by atoms with Gasteiger partial charge in [-0.3, -0.25) is 0 Å². The van der Waals surface area contributed by atoms with E-state index in [4.69, 9.17) is 10.5 Å². The van der Waals surface area contributed by atoms with Gasteiger partial charge in [-0.1, -0.05) is 12.1 Å². The van der Waals surface area contributed by atoms with Crippen LogP contribution in [-0.4, -0.2) is 18.6 Å². The third kappa shape index (κ3) is 2.50. The quantitative estimate of drug-likeness (QED) is 0.771. The second-order valence-corrected chi connectivity index (χ2v) is 5.00. The van der Waals surface area contributed by atoms with E-state index in [-0.39, 0.29) is 11.7 Å². The van der Waals surface area contributed by atoms with E-state index in [1.807, 2.05) is 30.5 Å². The molecule has 0 radical (unpaired) electrons. The molecule has 4 heteroatoms. The molecule has 3 aromatic rings. The number of aromatic amines is 1. The zero-order valence-corrected chi connectivity index (χ0v) is 11.8. The van der Waals surface area contributed by atoms with E-state index < -0.39 is 0 Å². The summed E-state index contributed by atoms with van der Waals surface area (Å²) in [6.45, 7) is 0.454. The van der Waals surface area contributed by atoms with E-state index in [1.165, 1.54) is 6.07 Å². The van der Waals surface area contributed by atoms with Crippen molar-refractivity contribution in [3.8, 4) is 5.75 Å². The number of methoxy groups -OCH3 is 1. The fourth-order valence-electron chi connectivity index (χ4n) is 2.68. The van der Waals surface area contributed by atoms with Crippen LogP contribution in [0.25, 0.3) is 10.9 Å². The molecule has 2 aromatic carbocycles. The molecule has 0 saturated heterocycles. The summed E-state index contributed by atoms with van der Waals surface area (Å²) in [6, 6.07) is 12.6. The number of rotatable bonds is 4. The Kier molecular flexibility index (Phi) is 3.62. The average Bonchev–Trinajstić information content (AvgIpc) is 2.92. The van der Waals surface area contributed by atoms with Crippen LogP contribution in [0, 0.1) is 5.82 Å². The van der Waals surface area contributed by atoms with Gasteiger partial charge < -0.3 is 15.5 Å². The van der Waals surface area contributed by atoms with Crippen LogP contribution in [0.1, 0.15) is 17.0 Å². The molecule has 0 saturated carbocycles. The minimum absolute atomic E-state index is 0.0199. The van der Waals surface area contributed by atoms with Gasteiger partial charge in [-0.05, 0) is 41.5 Å². The lowest BCUT2D eigenvalue weighted by molar-refractivity contribution is 0.414. The van der Waals surface area contributed by atoms with Crippen LogP contribution in [0.15, 0.2) is 48.7 Å². The van der Waals surface area contributed by atoms with Crippen LogP contribution in [0.4, 0.5) is 4.39 Å². The van der Waals surface area contributed by atoms with Crippen molar-refractivity contribution >= 4 is 10.9 Å². The predicted octanol–water partition coefficient (Wildman–Crippen LogP) is 3.41. The minimum Gasteiger partial charge on any atom is -0.497 e. The average molecular weight is 284 g/mol. The summed E-state index contributed by atoms with van der Waals surface area (Å²) in [5, 5.41) is 0.876. The molecule has 0 amide bonds. The molecule has 0 spiro atoms. The van der Waals surface area contributed by atoms with Crippen molar-refractivity contribution in [2.24, 2.45) is 5.73 Å². The van der Waals surface area contributed by atoms with E-state index in [9.17, 15) is 4.39 Å². The molecular weight excluding hydrogens is 267 g/mol. The normalized spacial score (nSPS) is 12.5. The van der Waals surface area contributed by atoms with Crippen molar-refractivity contribution < 1.29 is 9.13 Å². The van der Waals surface area contributed by atoms with Gasteiger partial charge in [0.2, 0.25) is 0 Å². The SMILES string of the molecule is COc1ccc(C(CN)c2c[nH]c3ccc(F)cc23)cc1. The molecule has 1 heterocycles. The third-order valence-electron chi connectivity index (χ3n) is 3.81. The highest BCUT2D eigenvalue weighted by molar-refractivity contribution is 5.84. The van der Waals surface area contributed by atoms with Gasteiger partial charge in [0, 0.05) is 29.6 Å². The largest absolute Gasteiger partial charge is 0.497 e. The van der Waals surface area contributed by atoms with Gasteiger partial charge >= 0.3 is 0 Å². The third-order valence-corrected chi connectivity index (χ3v) is 3.81. The van der Waals surface area contributed by atoms with E-state index in [0.29, 0.717) is 6.54 Å². The topological polar surface area (TPSA) is 51.0 Å². The summed E-state index contributed by atoms with van der Waals surface area (Å²) in [5.41, 5.74) is 8.97. The summed E-state index contributed by atoms with van der Waals surface area (Å²) in [4.78, 5) is 3.18. The molecule has 21 heavy (non-hydrogen) atoms. The highest BCUT2D eigenvalue weighted by atomic mass is 19.1. The number of hydrogen-bond donors (Lipinski definition) is 2. The molecule has 0 fully saturated rings. The number of nitrogens with one attached hydrogen (secondary N) is 1. The molecule has 0 aliphatic rings. The maximum absolute atomic E-state index is 13.5. The van der Waals surface area contributed by atoms with Crippen molar-refractivity contribution in [3.63, 3.8) is 0 Å². The van der Waals surface area contributed by atoms with E-state index in [0.717, 1.165) is 27.8 Å². The van der Waals surface area contributed by atoms with Crippen LogP contribution in [-0.2, 0) is 0 Å². The Bertz CT molecular complexity index is 749. The monoisotopic (exact) mass is 284 g/mol. The Morgan fingerprint density at radius 2 is 1.95 bits per heavy atom. The summed E-state index contributed by atoms with van der Waals surface area (Å²) >= 11 is 0. The first-order valence-electron chi connectivity index (χ1n) is 6.83. The lowest BCUT2D eigenvalue weighted by atomic mass is 9.91. The molecule has 0 aliphatic carbocycles. The molecule has 1 unspecified atom stereocenters. The Morgan fingerprint density at radius 1 is 1.19 bits per heavy atom. The van der Waals surface area contributed by atoms with Crippen molar-refractivity contribution in [2.75, 3.05) is 13.7 Å². The first kappa shape index (κ1) is 13.6. The molecule has 3 rings (SSSR count). The Morgan fingerprint density at radius 3 is 2.62 bits per heavy atom. The van der Waals surface area contributed by atoms with Crippen molar-refractivity contribution in [1.29, 1.82) is 0 Å². The number of aromatic nitrogens is 1. The Hall–Kier alpha value is -2.33. The van der Waals surface area contributed by atoms with Crippen molar-refractivity contribution in [3.05, 3.63) is 65.6 Å². The number of H-pyrrole nitrogens is 1. The van der Waals surface area contributed by atoms with Gasteiger partial charge in [0.1, 0.15) is 11.6 Å². The number of halogens is 1. The van der Waals surface area contributed by atoms with Crippen LogP contribution < -0.4 is 10.5 Å². The van der Waals surface area contributed by atoms with Gasteiger partial charge in [0.15, 0.2) is 0 Å². The fourth-order valence-corrected chi connectivity index (χ4v) is 2.68. The van der Waals surface area contributed by atoms with Gasteiger partial charge in [-0.2, -0.15) is 0 Å². The Balaban J connectivity index is 2.06. The Labute approximate surface area is 122 Å². The summed E-state index contributed by atoms with van der Waals surface area (Å²) in [5.74, 6) is 0.583. The maximum atomic E-state index is 13.5. The van der Waals surface area contributed by atoms with Crippen LogP contribution in [0.2, 0.25) is 0 Å². The lowest BCUT2D eigenvalue weighted by Crippen LogP contribution is -2.13. The number of ether oxygens (including phenoxy) is 1. The molecule has 0 aliphatic heterocycles. The zero-order chi connectivity index (χ0) is 14.8. The second-order valence-electron chi connectivity index (χ2n) is 5.00. The molecule has 1 atom stereocenters. The highest BCUT2D eigenvalue weighted by Gasteiger charge is 2.17. The summed E-state index contributed by atoms with van der Waals surface area (Å²) in [6.07, 6.45) is 1.91. The number of nitrogens with two attached hydrogens (primary N) is 1. The first-order valence-corrected chi connectivity index (χ1v) is 6.83. The van der Waals surface area contributed by atoms with E-state index in [1.54, 1.807) is 19.2 Å². The van der Waals surface area contributed by atoms with Crippen LogP contribution >= 0.6 is 0 Å². The molecule has 3 N–H and O–H groups in total. The van der Waals surface area contributed by atoms with Gasteiger partial charge in [-0.25, -0.2) is 4.39 Å². The lowest BCUT2D eigenvalue weighted by Gasteiger charge is -2.15. The van der Waals surface area contributed by atoms with Gasteiger partial charge in [0.25, 0.3) is 0 Å². The minimum atomic E-state index is -0.242. The standard InChI is InChI=1S/C17H17FN2O/c1-21-13-5-2-11(3-6-13)15(9-19)16-10-20-17-7-4-12(18)8-14(16)17/h2-8,10,15,20H,9,19H2,1H3. The molecular formula is C17H17FN2O. The number of hydrogen-bond acceptors (Lipinski definition) is 2. The number of benzene rings is 2. The van der Waals surface area contributed by atoms with Crippen LogP contribution in [0.5, 0.6) is 5.75 Å². The summed E-state index contributed by atoms with van der Waals surface area (Å²) in [7, 11) is 1.64. The zero-order valence-electron chi connectivity index (χ0n) is 11.8. The second kappa shape index (κ2) is 5.58. The number of fused-ring (bicyclic) bond motifs is 1. The van der Waals surface area contributed by atoms with Crippen molar-refractivity contribution in [1.82, 2.24) is 4.98 Å². The highest BCUT2D eigenvalue weighted by Crippen LogP contribution is 2.31. The summed E-state index contributed by atoms with van der Waals surface area (Å²) < 4.78 is 18.7. The molecule has 1 aromatic heterocycles. The van der Waals surface area contributed by atoms with Crippen molar-refractivity contribution in [2.45, 2.75) is 5.92 Å². The molecule has 3 nitrogen and oxygen atoms in total. The molecule has 0 bridgehead atoms. The van der Waals surface area contributed by atoms with E-state index in [2.05, 4.69) is 4.98 Å². The smallest absolute Gasteiger partial charge is 0.123 e. The first-order chi connectivity index (χ1) is 10.2.